The molecule has 0 fully saturated rings. The molecule has 0 saturated heterocycles. The van der Waals surface area contributed by atoms with Gasteiger partial charge in [0.25, 0.3) is 0 Å². The summed E-state index contributed by atoms with van der Waals surface area (Å²) in [6, 6.07) is 15.2. The van der Waals surface area contributed by atoms with Crippen LogP contribution in [0.1, 0.15) is 30.5 Å². The number of furan rings is 1. The predicted molar refractivity (Wildman–Crippen MR) is 94.7 cm³/mol. The maximum atomic E-state index is 6.29. The monoisotopic (exact) mass is 288 g/mol. The number of aryl methyl sites for hydroxylation is 3. The van der Waals surface area contributed by atoms with Gasteiger partial charge in [0.2, 0.25) is 0 Å². The van der Waals surface area contributed by atoms with E-state index in [1.807, 2.05) is 0 Å². The molecule has 0 unspecified atom stereocenters. The van der Waals surface area contributed by atoms with Gasteiger partial charge in [-0.25, -0.2) is 0 Å². The van der Waals surface area contributed by atoms with Crippen LogP contribution >= 0.6 is 0 Å². The van der Waals surface area contributed by atoms with Crippen molar-refractivity contribution in [1.82, 2.24) is 0 Å². The first-order chi connectivity index (χ1) is 10.7. The van der Waals surface area contributed by atoms with E-state index in [-0.39, 0.29) is 0 Å². The highest BCUT2D eigenvalue weighted by atomic mass is 16.3. The summed E-state index contributed by atoms with van der Waals surface area (Å²) in [6.45, 7) is 6.65. The Morgan fingerprint density at radius 3 is 2.36 bits per heavy atom. The van der Waals surface area contributed by atoms with Gasteiger partial charge >= 0.3 is 0 Å². The molecule has 0 N–H and O–H groups in total. The third-order valence-corrected chi connectivity index (χ3v) is 4.84. The first kappa shape index (κ1) is 13.4. The molecule has 4 rings (SSSR count). The van der Waals surface area contributed by atoms with Crippen LogP contribution in [0.25, 0.3) is 32.7 Å². The topological polar surface area (TPSA) is 13.1 Å². The van der Waals surface area contributed by atoms with Crippen molar-refractivity contribution in [3.63, 3.8) is 0 Å². The molecule has 22 heavy (non-hydrogen) atoms. The van der Waals surface area contributed by atoms with Gasteiger partial charge < -0.3 is 4.42 Å². The molecule has 4 aromatic rings. The van der Waals surface area contributed by atoms with Crippen LogP contribution in [0.3, 0.4) is 0 Å². The first-order valence-electron chi connectivity index (χ1n) is 8.09. The maximum Gasteiger partial charge on any atom is 0.143 e. The summed E-state index contributed by atoms with van der Waals surface area (Å²) in [4.78, 5) is 0. The zero-order chi connectivity index (χ0) is 15.3. The van der Waals surface area contributed by atoms with Crippen molar-refractivity contribution in [2.45, 2.75) is 33.6 Å². The van der Waals surface area contributed by atoms with Gasteiger partial charge in [0.15, 0.2) is 0 Å². The average Bonchev–Trinajstić information content (AvgIpc) is 2.94. The van der Waals surface area contributed by atoms with Crippen LogP contribution in [0.5, 0.6) is 0 Å². The highest BCUT2D eigenvalue weighted by Gasteiger charge is 2.16. The van der Waals surface area contributed by atoms with E-state index in [2.05, 4.69) is 63.2 Å². The standard InChI is InChI=1S/C21H20O/c1-4-14-10-11-18-19(12-14)22-21-17-9-7-6-8-16(17)15(5-2)13(3)20(18)21/h6-12H,4-5H2,1-3H3. The van der Waals surface area contributed by atoms with Crippen LogP contribution in [-0.4, -0.2) is 0 Å². The Balaban J connectivity index is 2.27. The summed E-state index contributed by atoms with van der Waals surface area (Å²) >= 11 is 0. The second-order valence-corrected chi connectivity index (χ2v) is 5.99. The molecule has 1 heteroatoms. The van der Waals surface area contributed by atoms with Crippen molar-refractivity contribution in [1.29, 1.82) is 0 Å². The highest BCUT2D eigenvalue weighted by Crippen LogP contribution is 2.39. The quantitative estimate of drug-likeness (QED) is 0.429. The molecular weight excluding hydrogens is 268 g/mol. The van der Waals surface area contributed by atoms with Gasteiger partial charge in [-0.3, -0.25) is 0 Å². The van der Waals surface area contributed by atoms with Gasteiger partial charge in [0.1, 0.15) is 11.2 Å². The summed E-state index contributed by atoms with van der Waals surface area (Å²) in [5.74, 6) is 0. The van der Waals surface area contributed by atoms with Gasteiger partial charge in [0.05, 0.1) is 0 Å². The van der Waals surface area contributed by atoms with Crippen LogP contribution in [0.4, 0.5) is 0 Å². The molecule has 0 aliphatic rings. The summed E-state index contributed by atoms with van der Waals surface area (Å²) in [6.07, 6.45) is 2.08. The fraction of sp³-hybridized carbons (Fsp3) is 0.238. The fourth-order valence-electron chi connectivity index (χ4n) is 3.68. The fourth-order valence-corrected chi connectivity index (χ4v) is 3.68. The van der Waals surface area contributed by atoms with Crippen LogP contribution < -0.4 is 0 Å². The van der Waals surface area contributed by atoms with Crippen molar-refractivity contribution in [2.24, 2.45) is 0 Å². The van der Waals surface area contributed by atoms with Gasteiger partial charge in [-0.05, 0) is 47.9 Å². The zero-order valence-electron chi connectivity index (χ0n) is 13.4. The van der Waals surface area contributed by atoms with E-state index in [1.165, 1.54) is 38.2 Å². The Morgan fingerprint density at radius 2 is 1.64 bits per heavy atom. The molecular formula is C21H20O. The van der Waals surface area contributed by atoms with E-state index >= 15 is 0 Å². The summed E-state index contributed by atoms with van der Waals surface area (Å²) in [5, 5.41) is 5.08. The molecule has 0 aliphatic heterocycles. The van der Waals surface area contributed by atoms with Crippen LogP contribution in [-0.2, 0) is 12.8 Å². The van der Waals surface area contributed by atoms with E-state index in [1.54, 1.807) is 0 Å². The van der Waals surface area contributed by atoms with Crippen molar-refractivity contribution in [3.8, 4) is 0 Å². The SMILES string of the molecule is CCc1ccc2c(c1)oc1c3ccccc3c(CC)c(C)c21. The molecule has 0 saturated carbocycles. The molecule has 3 aromatic carbocycles. The van der Waals surface area contributed by atoms with Gasteiger partial charge in [-0.2, -0.15) is 0 Å². The molecule has 0 aliphatic carbocycles. The molecule has 0 spiro atoms. The van der Waals surface area contributed by atoms with E-state index in [0.29, 0.717) is 0 Å². The maximum absolute atomic E-state index is 6.29. The third kappa shape index (κ3) is 1.72. The molecule has 1 aromatic heterocycles. The largest absolute Gasteiger partial charge is 0.455 e. The molecule has 110 valence electrons. The van der Waals surface area contributed by atoms with Crippen LogP contribution in [0.2, 0.25) is 0 Å². The molecule has 0 amide bonds. The van der Waals surface area contributed by atoms with Crippen molar-refractivity contribution < 1.29 is 4.42 Å². The Kier molecular flexibility index (Phi) is 2.97. The normalized spacial score (nSPS) is 11.8. The minimum absolute atomic E-state index is 1.01. The Bertz CT molecular complexity index is 1000. The second-order valence-electron chi connectivity index (χ2n) is 5.99. The predicted octanol–water partition coefficient (Wildman–Crippen LogP) is 6.17. The second kappa shape index (κ2) is 4.88. The number of benzene rings is 3. The molecule has 1 heterocycles. The van der Waals surface area contributed by atoms with Crippen molar-refractivity contribution >= 4 is 32.7 Å². The van der Waals surface area contributed by atoms with Crippen molar-refractivity contribution in [2.75, 3.05) is 0 Å². The lowest BCUT2D eigenvalue weighted by molar-refractivity contribution is 0.671. The van der Waals surface area contributed by atoms with Crippen LogP contribution in [0, 0.1) is 6.92 Å². The van der Waals surface area contributed by atoms with E-state index in [9.17, 15) is 0 Å². The number of fused-ring (bicyclic) bond motifs is 5. The third-order valence-electron chi connectivity index (χ3n) is 4.84. The summed E-state index contributed by atoms with van der Waals surface area (Å²) in [7, 11) is 0. The van der Waals surface area contributed by atoms with E-state index in [4.69, 9.17) is 4.42 Å². The Hall–Kier alpha value is -2.28. The molecule has 1 nitrogen and oxygen atoms in total. The van der Waals surface area contributed by atoms with Gasteiger partial charge in [0, 0.05) is 16.2 Å². The Morgan fingerprint density at radius 1 is 0.864 bits per heavy atom. The molecule has 0 radical (unpaired) electrons. The molecule has 0 atom stereocenters. The van der Waals surface area contributed by atoms with Crippen LogP contribution in [0.15, 0.2) is 46.9 Å². The smallest absolute Gasteiger partial charge is 0.143 e. The highest BCUT2D eigenvalue weighted by molar-refractivity contribution is 6.17. The van der Waals surface area contributed by atoms with E-state index < -0.39 is 0 Å². The number of hydrogen-bond donors (Lipinski definition) is 0. The van der Waals surface area contributed by atoms with Crippen molar-refractivity contribution in [3.05, 3.63) is 59.2 Å². The van der Waals surface area contributed by atoms with E-state index in [0.717, 1.165) is 24.0 Å². The number of rotatable bonds is 2. The van der Waals surface area contributed by atoms with Gasteiger partial charge in [-0.15, -0.1) is 0 Å². The average molecular weight is 288 g/mol. The molecule has 0 bridgehead atoms. The lowest BCUT2D eigenvalue weighted by atomic mass is 9.93. The summed E-state index contributed by atoms with van der Waals surface area (Å²) < 4.78 is 6.29. The minimum atomic E-state index is 1.01. The lowest BCUT2D eigenvalue weighted by Gasteiger charge is -2.10. The summed E-state index contributed by atoms with van der Waals surface area (Å²) in [5.41, 5.74) is 6.17. The Labute approximate surface area is 130 Å². The number of hydrogen-bond acceptors (Lipinski definition) is 1. The van der Waals surface area contributed by atoms with Gasteiger partial charge in [-0.1, -0.05) is 50.2 Å². The lowest BCUT2D eigenvalue weighted by Crippen LogP contribution is -1.90. The minimum Gasteiger partial charge on any atom is -0.455 e. The zero-order valence-corrected chi connectivity index (χ0v) is 13.4. The first-order valence-corrected chi connectivity index (χ1v) is 8.09.